The molecule has 138 valence electrons. The lowest BCUT2D eigenvalue weighted by Gasteiger charge is -2.39. The second-order valence-corrected chi connectivity index (χ2v) is 7.46. The molecule has 24 heavy (non-hydrogen) atoms. The number of hydrogen-bond donors (Lipinski definition) is 2. The highest BCUT2D eigenvalue weighted by atomic mass is 16.5. The lowest BCUT2D eigenvalue weighted by Crippen LogP contribution is -2.54. The van der Waals surface area contributed by atoms with Gasteiger partial charge in [0.15, 0.2) is 5.96 Å². The van der Waals surface area contributed by atoms with E-state index in [1.54, 1.807) is 0 Å². The summed E-state index contributed by atoms with van der Waals surface area (Å²) < 4.78 is 5.31. The fourth-order valence-corrected chi connectivity index (χ4v) is 2.92. The van der Waals surface area contributed by atoms with Crippen LogP contribution in [0.15, 0.2) is 4.99 Å². The van der Waals surface area contributed by atoms with Crippen molar-refractivity contribution in [1.82, 2.24) is 20.4 Å². The third kappa shape index (κ3) is 5.63. The van der Waals surface area contributed by atoms with Crippen LogP contribution in [-0.2, 0) is 9.53 Å². The Morgan fingerprint density at radius 2 is 1.92 bits per heavy atom. The summed E-state index contributed by atoms with van der Waals surface area (Å²) in [6.07, 6.45) is 0. The van der Waals surface area contributed by atoms with E-state index in [0.29, 0.717) is 6.54 Å². The van der Waals surface area contributed by atoms with Crippen molar-refractivity contribution in [1.29, 1.82) is 0 Å². The molecule has 7 heteroatoms. The smallest absolute Gasteiger partial charge is 0.234 e. The van der Waals surface area contributed by atoms with Gasteiger partial charge in [0.1, 0.15) is 0 Å². The summed E-state index contributed by atoms with van der Waals surface area (Å²) in [5, 5.41) is 6.34. The van der Waals surface area contributed by atoms with Gasteiger partial charge in [0.2, 0.25) is 5.91 Å². The summed E-state index contributed by atoms with van der Waals surface area (Å²) in [5.41, 5.74) is 0.192. The number of amides is 1. The van der Waals surface area contributed by atoms with Crippen molar-refractivity contribution in [3.8, 4) is 0 Å². The van der Waals surface area contributed by atoms with Gasteiger partial charge in [-0.15, -0.1) is 0 Å². The van der Waals surface area contributed by atoms with E-state index in [2.05, 4.69) is 34.3 Å². The fourth-order valence-electron chi connectivity index (χ4n) is 2.92. The third-order valence-corrected chi connectivity index (χ3v) is 4.34. The Labute approximate surface area is 145 Å². The van der Waals surface area contributed by atoms with E-state index in [1.165, 1.54) is 0 Å². The molecule has 7 nitrogen and oxygen atoms in total. The number of carbonyl (C=O) groups is 1. The molecule has 0 aromatic heterocycles. The van der Waals surface area contributed by atoms with Crippen LogP contribution in [0.3, 0.4) is 0 Å². The van der Waals surface area contributed by atoms with E-state index in [4.69, 9.17) is 9.73 Å². The summed E-state index contributed by atoms with van der Waals surface area (Å²) in [6.45, 7) is 15.6. The highest BCUT2D eigenvalue weighted by Crippen LogP contribution is 2.26. The number of nitrogens with one attached hydrogen (secondary N) is 2. The van der Waals surface area contributed by atoms with Crippen molar-refractivity contribution < 1.29 is 9.53 Å². The van der Waals surface area contributed by atoms with Gasteiger partial charge in [0, 0.05) is 44.2 Å². The van der Waals surface area contributed by atoms with Crippen LogP contribution in [0.5, 0.6) is 0 Å². The zero-order valence-corrected chi connectivity index (χ0v) is 15.6. The molecule has 2 N–H and O–H groups in total. The minimum Gasteiger partial charge on any atom is -0.380 e. The normalized spacial score (nSPS) is 21.5. The summed E-state index contributed by atoms with van der Waals surface area (Å²) >= 11 is 0. The van der Waals surface area contributed by atoms with Gasteiger partial charge in [0.25, 0.3) is 0 Å². The van der Waals surface area contributed by atoms with Gasteiger partial charge in [-0.3, -0.25) is 14.7 Å². The van der Waals surface area contributed by atoms with Crippen LogP contribution in [0.4, 0.5) is 0 Å². The molecule has 2 saturated heterocycles. The van der Waals surface area contributed by atoms with Crippen molar-refractivity contribution in [2.24, 2.45) is 10.4 Å². The second kappa shape index (κ2) is 8.67. The molecule has 2 aliphatic heterocycles. The minimum atomic E-state index is 0.108. The maximum Gasteiger partial charge on any atom is 0.234 e. The van der Waals surface area contributed by atoms with E-state index in [9.17, 15) is 4.79 Å². The Morgan fingerprint density at radius 1 is 1.25 bits per heavy atom. The van der Waals surface area contributed by atoms with E-state index >= 15 is 0 Å². The molecule has 2 aliphatic rings. The fraction of sp³-hybridized carbons (Fsp3) is 0.882. The number of nitrogens with zero attached hydrogens (tertiary/aromatic N) is 3. The first-order valence-corrected chi connectivity index (χ1v) is 9.04. The number of aliphatic imine (C=N–C) groups is 1. The van der Waals surface area contributed by atoms with Gasteiger partial charge in [0.05, 0.1) is 26.3 Å². The second-order valence-electron chi connectivity index (χ2n) is 7.46. The molecule has 0 unspecified atom stereocenters. The van der Waals surface area contributed by atoms with E-state index in [0.717, 1.165) is 58.4 Å². The molecular weight excluding hydrogens is 306 g/mol. The lowest BCUT2D eigenvalue weighted by atomic mass is 9.89. The van der Waals surface area contributed by atoms with Crippen LogP contribution < -0.4 is 10.6 Å². The van der Waals surface area contributed by atoms with E-state index in [1.807, 2.05) is 13.8 Å². The molecule has 0 aromatic carbocycles. The Hall–Kier alpha value is -1.34. The molecule has 2 heterocycles. The molecule has 2 fully saturated rings. The molecule has 1 amide bonds. The summed E-state index contributed by atoms with van der Waals surface area (Å²) in [4.78, 5) is 21.2. The molecule has 0 atom stereocenters. The van der Waals surface area contributed by atoms with Crippen LogP contribution >= 0.6 is 0 Å². The molecular formula is C17H33N5O2. The van der Waals surface area contributed by atoms with E-state index in [-0.39, 0.29) is 17.4 Å². The van der Waals surface area contributed by atoms with Crippen LogP contribution in [0.2, 0.25) is 0 Å². The van der Waals surface area contributed by atoms with Crippen LogP contribution in [-0.4, -0.2) is 86.7 Å². The number of hydrogen-bond acceptors (Lipinski definition) is 4. The molecule has 0 aliphatic carbocycles. The van der Waals surface area contributed by atoms with Crippen LogP contribution in [0.25, 0.3) is 0 Å². The Kier molecular flexibility index (Phi) is 6.86. The quantitative estimate of drug-likeness (QED) is 0.532. The van der Waals surface area contributed by atoms with Gasteiger partial charge < -0.3 is 20.3 Å². The Balaban J connectivity index is 1.81. The molecule has 2 rings (SSSR count). The molecule has 0 bridgehead atoms. The van der Waals surface area contributed by atoms with E-state index < -0.39 is 0 Å². The van der Waals surface area contributed by atoms with Gasteiger partial charge in [-0.2, -0.15) is 0 Å². The number of rotatable bonds is 6. The summed E-state index contributed by atoms with van der Waals surface area (Å²) in [5.74, 6) is 1.09. The summed E-state index contributed by atoms with van der Waals surface area (Å²) in [7, 11) is 0. The first kappa shape index (κ1) is 19.0. The Morgan fingerprint density at radius 3 is 2.42 bits per heavy atom. The lowest BCUT2D eigenvalue weighted by molar-refractivity contribution is -0.123. The van der Waals surface area contributed by atoms with Crippen molar-refractivity contribution in [3.63, 3.8) is 0 Å². The van der Waals surface area contributed by atoms with Crippen molar-refractivity contribution in [2.45, 2.75) is 33.7 Å². The summed E-state index contributed by atoms with van der Waals surface area (Å²) in [6, 6.07) is 0.197. The van der Waals surface area contributed by atoms with Gasteiger partial charge in [-0.25, -0.2) is 0 Å². The first-order chi connectivity index (χ1) is 11.4. The molecule has 0 aromatic rings. The molecule has 0 radical (unpaired) electrons. The minimum absolute atomic E-state index is 0.108. The molecule has 0 spiro atoms. The first-order valence-electron chi connectivity index (χ1n) is 9.04. The maximum atomic E-state index is 11.9. The topological polar surface area (TPSA) is 69.2 Å². The molecule has 0 saturated carbocycles. The predicted octanol–water partition coefficient (Wildman–Crippen LogP) is 0.131. The van der Waals surface area contributed by atoms with Gasteiger partial charge in [-0.05, 0) is 20.8 Å². The number of piperazine rings is 1. The predicted molar refractivity (Wildman–Crippen MR) is 96.2 cm³/mol. The third-order valence-electron chi connectivity index (χ3n) is 4.34. The average molecular weight is 339 g/mol. The van der Waals surface area contributed by atoms with Crippen LogP contribution in [0.1, 0.15) is 27.7 Å². The van der Waals surface area contributed by atoms with Gasteiger partial charge in [-0.1, -0.05) is 6.92 Å². The van der Waals surface area contributed by atoms with Crippen molar-refractivity contribution >= 4 is 11.9 Å². The highest BCUT2D eigenvalue weighted by molar-refractivity contribution is 5.80. The average Bonchev–Trinajstić information content (AvgIpc) is 2.49. The largest absolute Gasteiger partial charge is 0.380 e. The maximum absolute atomic E-state index is 11.9. The number of carbonyl (C=O) groups excluding carboxylic acids is 1. The highest BCUT2D eigenvalue weighted by Gasteiger charge is 2.33. The zero-order chi connectivity index (χ0) is 17.6. The van der Waals surface area contributed by atoms with Crippen molar-refractivity contribution in [2.75, 3.05) is 59.0 Å². The zero-order valence-electron chi connectivity index (χ0n) is 15.6. The standard InChI is InChI=1S/C17H33N5O2/c1-5-18-16(19-11-17(4)12-24-13-17)22-8-6-21(7-9-22)10-15(23)20-14(2)3/h14H,5-13H2,1-4H3,(H,18,19)(H,20,23). The Bertz CT molecular complexity index is 440. The van der Waals surface area contributed by atoms with Gasteiger partial charge >= 0.3 is 0 Å². The SMILES string of the molecule is CCNC(=NCC1(C)COC1)N1CCN(CC(=O)NC(C)C)CC1. The van der Waals surface area contributed by atoms with Crippen LogP contribution in [0, 0.1) is 5.41 Å². The monoisotopic (exact) mass is 339 g/mol. The van der Waals surface area contributed by atoms with Crippen molar-refractivity contribution in [3.05, 3.63) is 0 Å². The number of guanidine groups is 1. The number of ether oxygens (including phenoxy) is 1.